The quantitative estimate of drug-likeness (QED) is 0.215. The molecule has 0 aromatic heterocycles. The van der Waals surface area contributed by atoms with Crippen LogP contribution in [0.1, 0.15) is 58.3 Å². The Labute approximate surface area is 178 Å². The first kappa shape index (κ1) is 28.7. The normalized spacial score (nSPS) is 11.4. The van der Waals surface area contributed by atoms with Crippen molar-refractivity contribution in [3.63, 3.8) is 0 Å². The van der Waals surface area contributed by atoms with Crippen LogP contribution in [0, 0.1) is 0 Å². The summed E-state index contributed by atoms with van der Waals surface area (Å²) in [5.74, 6) is 0. The summed E-state index contributed by atoms with van der Waals surface area (Å²) < 4.78 is 32.5. The molecule has 0 atom stereocenters. The van der Waals surface area contributed by atoms with Gasteiger partial charge < -0.3 is 34.2 Å². The molecule has 0 spiro atoms. The fourth-order valence-corrected chi connectivity index (χ4v) is 2.62. The van der Waals surface area contributed by atoms with Crippen LogP contribution in [-0.2, 0) is 28.4 Å². The summed E-state index contributed by atoms with van der Waals surface area (Å²) in [6.07, 6.45) is 10.6. The van der Waals surface area contributed by atoms with Crippen LogP contribution in [0.25, 0.3) is 0 Å². The van der Waals surface area contributed by atoms with Gasteiger partial charge in [0, 0.05) is 13.2 Å². The Morgan fingerprint density at radius 1 is 0.379 bits per heavy atom. The van der Waals surface area contributed by atoms with Gasteiger partial charge in [-0.3, -0.25) is 0 Å². The Morgan fingerprint density at radius 2 is 0.690 bits per heavy atom. The Balaban J connectivity index is 2.97. The lowest BCUT2D eigenvalue weighted by Gasteiger charge is -2.08. The zero-order chi connectivity index (χ0) is 21.1. The highest BCUT2D eigenvalue weighted by molar-refractivity contribution is 4.46. The number of ether oxygens (including phenoxy) is 6. The van der Waals surface area contributed by atoms with Crippen molar-refractivity contribution in [1.82, 2.24) is 0 Å². The minimum atomic E-state index is 0.543. The molecule has 0 aliphatic carbocycles. The predicted molar refractivity (Wildman–Crippen MR) is 117 cm³/mol. The number of nitrogens with two attached hydrogens (primary N) is 1. The van der Waals surface area contributed by atoms with Crippen LogP contribution in [0.3, 0.4) is 0 Å². The second kappa shape index (κ2) is 27.7. The lowest BCUT2D eigenvalue weighted by atomic mass is 10.1. The fraction of sp³-hybridized carbons (Fsp3) is 1.00. The standard InChI is InChI=1S/C22H47NO6/c1-2-3-4-5-6-7-8-9-11-24-13-15-26-17-19-28-21-22-29-20-18-27-16-14-25-12-10-23/h2-23H2,1H3. The van der Waals surface area contributed by atoms with Gasteiger partial charge in [0.2, 0.25) is 0 Å². The van der Waals surface area contributed by atoms with Crippen LogP contribution in [0.4, 0.5) is 0 Å². The first-order valence-corrected chi connectivity index (χ1v) is 11.6. The SMILES string of the molecule is CCCCCCCCCCOCCOCCOCCOCCOCCOCCN. The second-order valence-corrected chi connectivity index (χ2v) is 6.94. The molecular weight excluding hydrogens is 374 g/mol. The molecule has 0 aliphatic rings. The van der Waals surface area contributed by atoms with Crippen molar-refractivity contribution in [3.8, 4) is 0 Å². The number of hydrogen-bond donors (Lipinski definition) is 1. The van der Waals surface area contributed by atoms with Gasteiger partial charge in [-0.2, -0.15) is 0 Å². The van der Waals surface area contributed by atoms with Crippen molar-refractivity contribution in [3.05, 3.63) is 0 Å². The first-order chi connectivity index (χ1) is 14.4. The average Bonchev–Trinajstić information content (AvgIpc) is 2.74. The lowest BCUT2D eigenvalue weighted by Crippen LogP contribution is -2.15. The molecule has 0 aromatic carbocycles. The van der Waals surface area contributed by atoms with Crippen LogP contribution in [-0.4, -0.2) is 85.8 Å². The van der Waals surface area contributed by atoms with Gasteiger partial charge in [0.15, 0.2) is 0 Å². The van der Waals surface area contributed by atoms with Crippen LogP contribution in [0.5, 0.6) is 0 Å². The maximum Gasteiger partial charge on any atom is 0.0701 e. The van der Waals surface area contributed by atoms with E-state index in [2.05, 4.69) is 6.92 Å². The maximum atomic E-state index is 5.59. The summed E-state index contributed by atoms with van der Waals surface area (Å²) in [5, 5.41) is 0. The van der Waals surface area contributed by atoms with Gasteiger partial charge in [-0.1, -0.05) is 51.9 Å². The molecule has 0 aromatic rings. The molecule has 0 heterocycles. The Hall–Kier alpha value is -0.280. The van der Waals surface area contributed by atoms with E-state index in [0.29, 0.717) is 79.2 Å². The highest BCUT2D eigenvalue weighted by Gasteiger charge is 1.95. The number of unbranched alkanes of at least 4 members (excludes halogenated alkanes) is 7. The van der Waals surface area contributed by atoms with Crippen molar-refractivity contribution in [2.75, 3.05) is 85.8 Å². The molecule has 2 N–H and O–H groups in total. The third kappa shape index (κ3) is 27.7. The van der Waals surface area contributed by atoms with Crippen LogP contribution in [0.2, 0.25) is 0 Å². The molecule has 0 rings (SSSR count). The molecule has 0 aliphatic heterocycles. The minimum absolute atomic E-state index is 0.543. The van der Waals surface area contributed by atoms with Gasteiger partial charge in [0.25, 0.3) is 0 Å². The lowest BCUT2D eigenvalue weighted by molar-refractivity contribution is -0.0165. The zero-order valence-electron chi connectivity index (χ0n) is 18.9. The van der Waals surface area contributed by atoms with Gasteiger partial charge >= 0.3 is 0 Å². The van der Waals surface area contributed by atoms with Crippen LogP contribution >= 0.6 is 0 Å². The van der Waals surface area contributed by atoms with Gasteiger partial charge in [-0.05, 0) is 6.42 Å². The highest BCUT2D eigenvalue weighted by atomic mass is 16.6. The average molecular weight is 422 g/mol. The molecule has 0 saturated heterocycles. The molecule has 7 heteroatoms. The second-order valence-electron chi connectivity index (χ2n) is 6.94. The Morgan fingerprint density at radius 3 is 1.07 bits per heavy atom. The van der Waals surface area contributed by atoms with Crippen LogP contribution < -0.4 is 5.73 Å². The molecule has 0 bridgehead atoms. The van der Waals surface area contributed by atoms with Crippen molar-refractivity contribution in [2.24, 2.45) is 5.73 Å². The summed E-state index contributed by atoms with van der Waals surface area (Å²) in [6.45, 7) is 10.1. The molecule has 0 unspecified atom stereocenters. The first-order valence-electron chi connectivity index (χ1n) is 11.6. The maximum absolute atomic E-state index is 5.59. The van der Waals surface area contributed by atoms with Gasteiger partial charge in [-0.25, -0.2) is 0 Å². The molecule has 176 valence electrons. The van der Waals surface area contributed by atoms with Crippen molar-refractivity contribution in [1.29, 1.82) is 0 Å². The van der Waals surface area contributed by atoms with Crippen LogP contribution in [0.15, 0.2) is 0 Å². The van der Waals surface area contributed by atoms with E-state index in [-0.39, 0.29) is 0 Å². The van der Waals surface area contributed by atoms with Gasteiger partial charge in [0.05, 0.1) is 72.7 Å². The number of rotatable bonds is 26. The molecule has 7 nitrogen and oxygen atoms in total. The highest BCUT2D eigenvalue weighted by Crippen LogP contribution is 2.08. The Kier molecular flexibility index (Phi) is 27.5. The van der Waals surface area contributed by atoms with Crippen molar-refractivity contribution < 1.29 is 28.4 Å². The van der Waals surface area contributed by atoms with E-state index in [4.69, 9.17) is 34.2 Å². The van der Waals surface area contributed by atoms with Gasteiger partial charge in [-0.15, -0.1) is 0 Å². The molecular formula is C22H47NO6. The van der Waals surface area contributed by atoms with E-state index >= 15 is 0 Å². The van der Waals surface area contributed by atoms with E-state index in [1.807, 2.05) is 0 Å². The smallest absolute Gasteiger partial charge is 0.0701 e. The fourth-order valence-electron chi connectivity index (χ4n) is 2.62. The molecule has 0 saturated carbocycles. The van der Waals surface area contributed by atoms with Crippen molar-refractivity contribution in [2.45, 2.75) is 58.3 Å². The van der Waals surface area contributed by atoms with Crippen molar-refractivity contribution >= 4 is 0 Å². The van der Waals surface area contributed by atoms with E-state index < -0.39 is 0 Å². The topological polar surface area (TPSA) is 81.4 Å². The third-order valence-electron chi connectivity index (χ3n) is 4.26. The largest absolute Gasteiger partial charge is 0.379 e. The zero-order valence-corrected chi connectivity index (χ0v) is 18.9. The molecule has 0 fully saturated rings. The molecule has 0 amide bonds. The summed E-state index contributed by atoms with van der Waals surface area (Å²) in [5.41, 5.74) is 5.32. The monoisotopic (exact) mass is 421 g/mol. The van der Waals surface area contributed by atoms with E-state index in [0.717, 1.165) is 13.0 Å². The Bertz CT molecular complexity index is 258. The summed E-state index contributed by atoms with van der Waals surface area (Å²) in [6, 6.07) is 0. The number of hydrogen-bond acceptors (Lipinski definition) is 7. The molecule has 0 radical (unpaired) electrons. The third-order valence-corrected chi connectivity index (χ3v) is 4.26. The summed E-state index contributed by atoms with van der Waals surface area (Å²) >= 11 is 0. The summed E-state index contributed by atoms with van der Waals surface area (Å²) in [7, 11) is 0. The minimum Gasteiger partial charge on any atom is -0.379 e. The summed E-state index contributed by atoms with van der Waals surface area (Å²) in [4.78, 5) is 0. The van der Waals surface area contributed by atoms with Gasteiger partial charge in [0.1, 0.15) is 0 Å². The van der Waals surface area contributed by atoms with E-state index in [1.54, 1.807) is 0 Å². The van der Waals surface area contributed by atoms with E-state index in [9.17, 15) is 0 Å². The predicted octanol–water partition coefficient (Wildman–Crippen LogP) is 3.19. The molecule has 29 heavy (non-hydrogen) atoms. The van der Waals surface area contributed by atoms with E-state index in [1.165, 1.54) is 44.9 Å².